The predicted molar refractivity (Wildman–Crippen MR) is 96.0 cm³/mol. The summed E-state index contributed by atoms with van der Waals surface area (Å²) in [4.78, 5) is 18.8. The summed E-state index contributed by atoms with van der Waals surface area (Å²) in [5.41, 5.74) is 1.15. The first-order valence-corrected chi connectivity index (χ1v) is 8.52. The van der Waals surface area contributed by atoms with Gasteiger partial charge in [-0.25, -0.2) is 4.98 Å². The molecular formula is C19H25N3O2. The van der Waals surface area contributed by atoms with Crippen molar-refractivity contribution in [2.24, 2.45) is 0 Å². The van der Waals surface area contributed by atoms with Gasteiger partial charge < -0.3 is 15.3 Å². The van der Waals surface area contributed by atoms with Gasteiger partial charge in [-0.05, 0) is 30.5 Å². The van der Waals surface area contributed by atoms with E-state index in [1.165, 1.54) is 0 Å². The van der Waals surface area contributed by atoms with E-state index < -0.39 is 5.60 Å². The van der Waals surface area contributed by atoms with Crippen molar-refractivity contribution in [2.75, 3.05) is 19.0 Å². The lowest BCUT2D eigenvalue weighted by molar-refractivity contribution is -0.126. The number of carbonyl (C=O) groups excluding carboxylic acids is 1. The Bertz CT molecular complexity index is 736. The van der Waals surface area contributed by atoms with Crippen LogP contribution in [0.5, 0.6) is 0 Å². The molecule has 2 N–H and O–H groups in total. The van der Waals surface area contributed by atoms with Gasteiger partial charge >= 0.3 is 0 Å². The minimum atomic E-state index is -0.806. The van der Waals surface area contributed by atoms with E-state index in [-0.39, 0.29) is 12.3 Å². The number of rotatable bonds is 5. The van der Waals surface area contributed by atoms with Crippen molar-refractivity contribution in [1.82, 2.24) is 10.3 Å². The number of carbonyl (C=O) groups is 1. The van der Waals surface area contributed by atoms with Crippen LogP contribution in [0.2, 0.25) is 0 Å². The highest BCUT2D eigenvalue weighted by molar-refractivity contribution is 5.85. The third kappa shape index (κ3) is 3.67. The van der Waals surface area contributed by atoms with Crippen LogP contribution in [0.4, 0.5) is 5.82 Å². The zero-order valence-electron chi connectivity index (χ0n) is 14.4. The van der Waals surface area contributed by atoms with Crippen LogP contribution in [0.1, 0.15) is 37.7 Å². The van der Waals surface area contributed by atoms with Gasteiger partial charge in [0.1, 0.15) is 5.82 Å². The van der Waals surface area contributed by atoms with E-state index >= 15 is 0 Å². The molecule has 1 aromatic heterocycles. The summed E-state index contributed by atoms with van der Waals surface area (Å²) >= 11 is 0. The molecule has 0 aliphatic heterocycles. The summed E-state index contributed by atoms with van der Waals surface area (Å²) in [6.45, 7) is 0.443. The second-order valence-corrected chi connectivity index (χ2v) is 6.94. The Labute approximate surface area is 142 Å². The topological polar surface area (TPSA) is 65.5 Å². The summed E-state index contributed by atoms with van der Waals surface area (Å²) in [6, 6.07) is 9.95. The molecule has 1 heterocycles. The number of hydrogen-bond acceptors (Lipinski definition) is 4. The SMILES string of the molecule is CN(C)c1cc(CNC(=O)CC2(O)CCCC2)c2ccccc2n1. The molecular weight excluding hydrogens is 302 g/mol. The molecule has 0 radical (unpaired) electrons. The van der Waals surface area contributed by atoms with Gasteiger partial charge in [0.05, 0.1) is 17.5 Å². The third-order valence-corrected chi connectivity index (χ3v) is 4.75. The van der Waals surface area contributed by atoms with Crippen LogP contribution >= 0.6 is 0 Å². The summed E-state index contributed by atoms with van der Waals surface area (Å²) in [6.07, 6.45) is 3.65. The number of nitrogens with zero attached hydrogens (tertiary/aromatic N) is 2. The molecule has 128 valence electrons. The molecule has 0 atom stereocenters. The fourth-order valence-electron chi connectivity index (χ4n) is 3.37. The molecule has 5 nitrogen and oxygen atoms in total. The number of benzene rings is 1. The van der Waals surface area contributed by atoms with E-state index in [9.17, 15) is 9.90 Å². The van der Waals surface area contributed by atoms with Crippen LogP contribution in [-0.2, 0) is 11.3 Å². The fraction of sp³-hybridized carbons (Fsp3) is 0.474. The largest absolute Gasteiger partial charge is 0.389 e. The van der Waals surface area contributed by atoms with E-state index in [1.807, 2.05) is 49.3 Å². The Morgan fingerprint density at radius 2 is 2.00 bits per heavy atom. The maximum absolute atomic E-state index is 12.2. The Balaban J connectivity index is 1.75. The van der Waals surface area contributed by atoms with Crippen molar-refractivity contribution in [3.63, 3.8) is 0 Å². The van der Waals surface area contributed by atoms with Crippen LogP contribution in [0.25, 0.3) is 10.9 Å². The molecule has 1 saturated carbocycles. The lowest BCUT2D eigenvalue weighted by Crippen LogP contribution is -2.34. The van der Waals surface area contributed by atoms with E-state index in [1.54, 1.807) is 0 Å². The number of aromatic nitrogens is 1. The second-order valence-electron chi connectivity index (χ2n) is 6.94. The summed E-state index contributed by atoms with van der Waals surface area (Å²) in [5.74, 6) is 0.777. The number of anilines is 1. The van der Waals surface area contributed by atoms with Gasteiger partial charge in [0, 0.05) is 26.0 Å². The molecule has 0 bridgehead atoms. The molecule has 0 unspecified atom stereocenters. The maximum Gasteiger partial charge on any atom is 0.223 e. The number of aliphatic hydroxyl groups is 1. The van der Waals surface area contributed by atoms with Crippen LogP contribution in [0.3, 0.4) is 0 Å². The van der Waals surface area contributed by atoms with E-state index in [4.69, 9.17) is 0 Å². The van der Waals surface area contributed by atoms with Gasteiger partial charge in [-0.15, -0.1) is 0 Å². The predicted octanol–water partition coefficient (Wildman–Crippen LogP) is 2.61. The van der Waals surface area contributed by atoms with Crippen molar-refractivity contribution >= 4 is 22.6 Å². The van der Waals surface area contributed by atoms with Crippen LogP contribution in [0.15, 0.2) is 30.3 Å². The lowest BCUT2D eigenvalue weighted by atomic mass is 9.97. The molecule has 1 aromatic carbocycles. The molecule has 1 fully saturated rings. The molecule has 0 spiro atoms. The zero-order chi connectivity index (χ0) is 17.2. The van der Waals surface area contributed by atoms with E-state index in [0.29, 0.717) is 6.54 Å². The first-order valence-electron chi connectivity index (χ1n) is 8.52. The van der Waals surface area contributed by atoms with Gasteiger partial charge in [0.15, 0.2) is 0 Å². The Kier molecular flexibility index (Phi) is 4.71. The first-order chi connectivity index (χ1) is 11.5. The van der Waals surface area contributed by atoms with Gasteiger partial charge in [-0.2, -0.15) is 0 Å². The average molecular weight is 327 g/mol. The standard InChI is InChI=1S/C19H25N3O2/c1-22(2)17-11-14(15-7-3-4-8-16(15)21-17)13-20-18(23)12-19(24)9-5-6-10-19/h3-4,7-8,11,24H,5-6,9-10,12-13H2,1-2H3,(H,20,23). The Hall–Kier alpha value is -2.14. The highest BCUT2D eigenvalue weighted by atomic mass is 16.3. The van der Waals surface area contributed by atoms with Crippen LogP contribution in [-0.4, -0.2) is 35.7 Å². The smallest absolute Gasteiger partial charge is 0.223 e. The van der Waals surface area contributed by atoms with Crippen molar-refractivity contribution in [3.05, 3.63) is 35.9 Å². The Morgan fingerprint density at radius 3 is 2.71 bits per heavy atom. The summed E-state index contributed by atoms with van der Waals surface area (Å²) in [7, 11) is 3.91. The minimum Gasteiger partial charge on any atom is -0.389 e. The molecule has 1 aliphatic carbocycles. The third-order valence-electron chi connectivity index (χ3n) is 4.75. The van der Waals surface area contributed by atoms with Crippen molar-refractivity contribution in [1.29, 1.82) is 0 Å². The van der Waals surface area contributed by atoms with Gasteiger partial charge in [0.2, 0.25) is 5.91 Å². The number of nitrogens with one attached hydrogen (secondary N) is 1. The molecule has 2 aromatic rings. The Morgan fingerprint density at radius 1 is 1.29 bits per heavy atom. The first kappa shape index (κ1) is 16.7. The molecule has 0 saturated heterocycles. The summed E-state index contributed by atoms with van der Waals surface area (Å²) < 4.78 is 0. The molecule has 24 heavy (non-hydrogen) atoms. The van der Waals surface area contributed by atoms with Crippen LogP contribution in [0, 0.1) is 0 Å². The van der Waals surface area contributed by atoms with Gasteiger partial charge in [-0.3, -0.25) is 4.79 Å². The highest BCUT2D eigenvalue weighted by Gasteiger charge is 2.33. The molecule has 1 aliphatic rings. The maximum atomic E-state index is 12.2. The van der Waals surface area contributed by atoms with Gasteiger partial charge in [0.25, 0.3) is 0 Å². The quantitative estimate of drug-likeness (QED) is 0.886. The van der Waals surface area contributed by atoms with Crippen LogP contribution < -0.4 is 10.2 Å². The second kappa shape index (κ2) is 6.77. The van der Waals surface area contributed by atoms with E-state index in [0.717, 1.165) is 48.0 Å². The average Bonchev–Trinajstić information content (AvgIpc) is 2.98. The van der Waals surface area contributed by atoms with Crippen molar-refractivity contribution < 1.29 is 9.90 Å². The fourth-order valence-corrected chi connectivity index (χ4v) is 3.37. The minimum absolute atomic E-state index is 0.0910. The lowest BCUT2D eigenvalue weighted by Gasteiger charge is -2.21. The number of amides is 1. The van der Waals surface area contributed by atoms with E-state index in [2.05, 4.69) is 10.3 Å². The highest BCUT2D eigenvalue weighted by Crippen LogP contribution is 2.32. The normalized spacial score (nSPS) is 16.3. The zero-order valence-corrected chi connectivity index (χ0v) is 14.4. The number of fused-ring (bicyclic) bond motifs is 1. The number of pyridine rings is 1. The van der Waals surface area contributed by atoms with Crippen molar-refractivity contribution in [3.8, 4) is 0 Å². The summed E-state index contributed by atoms with van der Waals surface area (Å²) in [5, 5.41) is 14.4. The number of para-hydroxylation sites is 1. The number of hydrogen-bond donors (Lipinski definition) is 2. The molecule has 1 amide bonds. The van der Waals surface area contributed by atoms with Gasteiger partial charge in [-0.1, -0.05) is 31.0 Å². The monoisotopic (exact) mass is 327 g/mol. The van der Waals surface area contributed by atoms with Crippen molar-refractivity contribution in [2.45, 2.75) is 44.2 Å². The molecule has 3 rings (SSSR count). The molecule has 5 heteroatoms.